The second-order valence-electron chi connectivity index (χ2n) is 7.71. The van der Waals surface area contributed by atoms with Crippen molar-refractivity contribution in [3.63, 3.8) is 0 Å². The number of hydrogen-bond acceptors (Lipinski definition) is 6. The second-order valence-corrected chi connectivity index (χ2v) is 8.66. The first-order chi connectivity index (χ1) is 15.9. The summed E-state index contributed by atoms with van der Waals surface area (Å²) < 4.78 is 28.7. The summed E-state index contributed by atoms with van der Waals surface area (Å²) in [5.74, 6) is 1.63. The molecule has 0 N–H and O–H groups in total. The van der Waals surface area contributed by atoms with E-state index >= 15 is 0 Å². The van der Waals surface area contributed by atoms with Crippen molar-refractivity contribution in [2.45, 2.75) is 19.0 Å². The van der Waals surface area contributed by atoms with E-state index in [1.54, 1.807) is 29.8 Å². The third-order valence-corrected chi connectivity index (χ3v) is 6.65. The van der Waals surface area contributed by atoms with E-state index in [1.165, 1.54) is 17.8 Å². The highest BCUT2D eigenvalue weighted by Gasteiger charge is 2.21. The molecule has 1 aliphatic rings. The monoisotopic (exact) mass is 464 g/mol. The largest absolute Gasteiger partial charge is 0.454 e. The van der Waals surface area contributed by atoms with Crippen molar-refractivity contribution in [1.82, 2.24) is 19.3 Å². The van der Waals surface area contributed by atoms with E-state index in [0.717, 1.165) is 17.1 Å². The number of carbonyl (C=O) groups is 1. The number of rotatable bonds is 6. The van der Waals surface area contributed by atoms with Gasteiger partial charge in [0, 0.05) is 35.8 Å². The first kappa shape index (κ1) is 21.3. The number of nitrogens with zero attached hydrogens (tertiary/aromatic N) is 4. The lowest BCUT2D eigenvalue weighted by molar-refractivity contribution is 0.102. The molecule has 3 heterocycles. The Balaban J connectivity index is 1.35. The zero-order chi connectivity index (χ0) is 23.1. The Labute approximate surface area is 194 Å². The average Bonchev–Trinajstić information content (AvgIpc) is 3.49. The van der Waals surface area contributed by atoms with Crippen LogP contribution in [0.5, 0.6) is 11.5 Å². The maximum absolute atomic E-state index is 14.1. The van der Waals surface area contributed by atoms with Crippen molar-refractivity contribution in [3.8, 4) is 28.6 Å². The van der Waals surface area contributed by atoms with Crippen molar-refractivity contribution in [1.29, 1.82) is 0 Å². The minimum absolute atomic E-state index is 0.0180. The maximum Gasteiger partial charge on any atom is 0.231 e. The Morgan fingerprint density at radius 3 is 2.70 bits per heavy atom. The zero-order valence-electron chi connectivity index (χ0n) is 18.3. The van der Waals surface area contributed by atoms with Crippen LogP contribution < -0.4 is 9.47 Å². The van der Waals surface area contributed by atoms with Gasteiger partial charge in [0.15, 0.2) is 28.3 Å². The van der Waals surface area contributed by atoms with E-state index in [4.69, 9.17) is 9.47 Å². The van der Waals surface area contributed by atoms with Gasteiger partial charge in [-0.25, -0.2) is 4.39 Å². The number of aryl methyl sites for hydroxylation is 1. The molecule has 0 unspecified atom stereocenters. The van der Waals surface area contributed by atoms with Crippen molar-refractivity contribution < 1.29 is 18.7 Å². The molecule has 168 valence electrons. The molecular formula is C24H21FN4O3S. The van der Waals surface area contributed by atoms with Gasteiger partial charge in [0.25, 0.3) is 0 Å². The number of ether oxygens (including phenoxy) is 2. The van der Waals surface area contributed by atoms with Gasteiger partial charge in [-0.3, -0.25) is 4.79 Å². The van der Waals surface area contributed by atoms with Gasteiger partial charge in [-0.2, -0.15) is 0 Å². The Kier molecular flexibility index (Phi) is 5.41. The topological polar surface area (TPSA) is 71.2 Å². The number of carbonyl (C=O) groups excluding carboxylic acids is 1. The molecule has 9 heteroatoms. The number of halogens is 1. The van der Waals surface area contributed by atoms with Crippen LogP contribution in [0.4, 0.5) is 4.39 Å². The summed E-state index contributed by atoms with van der Waals surface area (Å²) in [6.45, 7) is 4.10. The first-order valence-corrected chi connectivity index (χ1v) is 11.3. The number of aromatic nitrogens is 4. The van der Waals surface area contributed by atoms with Gasteiger partial charge in [0.2, 0.25) is 6.79 Å². The van der Waals surface area contributed by atoms with Crippen LogP contribution in [0.3, 0.4) is 0 Å². The summed E-state index contributed by atoms with van der Waals surface area (Å²) >= 11 is 1.28. The van der Waals surface area contributed by atoms with Gasteiger partial charge in [-0.05, 0) is 44.2 Å². The lowest BCUT2D eigenvalue weighted by Crippen LogP contribution is -2.06. The second kappa shape index (κ2) is 8.40. The number of ketones is 1. The molecule has 0 amide bonds. The fourth-order valence-electron chi connectivity index (χ4n) is 3.99. The van der Waals surface area contributed by atoms with Gasteiger partial charge >= 0.3 is 0 Å². The Morgan fingerprint density at radius 2 is 1.88 bits per heavy atom. The molecular weight excluding hydrogens is 443 g/mol. The quantitative estimate of drug-likeness (QED) is 0.303. The summed E-state index contributed by atoms with van der Waals surface area (Å²) in [6.07, 6.45) is 0. The van der Waals surface area contributed by atoms with E-state index < -0.39 is 0 Å². The van der Waals surface area contributed by atoms with Crippen molar-refractivity contribution in [3.05, 3.63) is 71.3 Å². The molecule has 5 rings (SSSR count). The van der Waals surface area contributed by atoms with Crippen LogP contribution in [-0.2, 0) is 7.05 Å². The summed E-state index contributed by atoms with van der Waals surface area (Å²) in [5, 5.41) is 8.81. The van der Waals surface area contributed by atoms with Crippen LogP contribution in [0.25, 0.3) is 17.1 Å². The van der Waals surface area contributed by atoms with E-state index in [-0.39, 0.29) is 24.1 Å². The van der Waals surface area contributed by atoms with Gasteiger partial charge in [0.1, 0.15) is 5.82 Å². The van der Waals surface area contributed by atoms with Crippen molar-refractivity contribution in [2.75, 3.05) is 12.5 Å². The van der Waals surface area contributed by atoms with Crippen LogP contribution in [0.15, 0.2) is 53.7 Å². The summed E-state index contributed by atoms with van der Waals surface area (Å²) in [4.78, 5) is 13.1. The first-order valence-electron chi connectivity index (χ1n) is 10.3. The van der Waals surface area contributed by atoms with E-state index in [2.05, 4.69) is 10.2 Å². The minimum atomic E-state index is -0.364. The predicted octanol–water partition coefficient (Wildman–Crippen LogP) is 4.73. The third-order valence-electron chi connectivity index (χ3n) is 5.63. The van der Waals surface area contributed by atoms with Crippen LogP contribution >= 0.6 is 11.8 Å². The fourth-order valence-corrected chi connectivity index (χ4v) is 4.79. The lowest BCUT2D eigenvalue weighted by Gasteiger charge is -2.10. The average molecular weight is 465 g/mol. The van der Waals surface area contributed by atoms with Gasteiger partial charge in [0.05, 0.1) is 11.3 Å². The maximum atomic E-state index is 14.1. The standard InChI is InChI=1S/C24H21FN4O3S/c1-14-10-18(15(2)29(14)16-8-9-21-22(11-16)32-13-31-21)20(30)12-33-24-27-26-23(28(24)3)17-6-4-5-7-19(17)25/h4-11H,12-13H2,1-3H3. The molecule has 0 radical (unpaired) electrons. The summed E-state index contributed by atoms with van der Waals surface area (Å²) in [7, 11) is 1.76. The number of Topliss-reactive ketones (excluding diaryl/α,β-unsaturated/α-hetero) is 1. The molecule has 0 aliphatic carbocycles. The molecule has 0 bridgehead atoms. The van der Waals surface area contributed by atoms with E-state index in [9.17, 15) is 9.18 Å². The molecule has 2 aromatic carbocycles. The third kappa shape index (κ3) is 3.78. The van der Waals surface area contributed by atoms with Crippen molar-refractivity contribution in [2.24, 2.45) is 7.05 Å². The van der Waals surface area contributed by atoms with Crippen LogP contribution in [0, 0.1) is 19.7 Å². The highest BCUT2D eigenvalue weighted by atomic mass is 32.2. The molecule has 0 spiro atoms. The van der Waals surface area contributed by atoms with Crippen LogP contribution in [0.1, 0.15) is 21.7 Å². The molecule has 33 heavy (non-hydrogen) atoms. The SMILES string of the molecule is Cc1cc(C(=O)CSc2nnc(-c3ccccc3F)n2C)c(C)n1-c1ccc2c(c1)OCO2. The van der Waals surface area contributed by atoms with Gasteiger partial charge < -0.3 is 18.6 Å². The molecule has 1 aliphatic heterocycles. The smallest absolute Gasteiger partial charge is 0.231 e. The van der Waals surface area contributed by atoms with Crippen LogP contribution in [-0.4, -0.2) is 37.7 Å². The molecule has 0 saturated heterocycles. The highest BCUT2D eigenvalue weighted by molar-refractivity contribution is 7.99. The van der Waals surface area contributed by atoms with Gasteiger partial charge in [-0.1, -0.05) is 23.9 Å². The number of fused-ring (bicyclic) bond motifs is 1. The fraction of sp³-hybridized carbons (Fsp3) is 0.208. The van der Waals surface area contributed by atoms with Crippen molar-refractivity contribution >= 4 is 17.5 Å². The van der Waals surface area contributed by atoms with E-state index in [1.807, 2.05) is 42.7 Å². The number of benzene rings is 2. The summed E-state index contributed by atoms with van der Waals surface area (Å²) in [6, 6.07) is 14.0. The lowest BCUT2D eigenvalue weighted by atomic mass is 10.2. The molecule has 2 aromatic heterocycles. The Hall–Kier alpha value is -3.59. The molecule has 4 aromatic rings. The Bertz CT molecular complexity index is 1380. The minimum Gasteiger partial charge on any atom is -0.454 e. The highest BCUT2D eigenvalue weighted by Crippen LogP contribution is 2.35. The number of thioether (sulfide) groups is 1. The van der Waals surface area contributed by atoms with E-state index in [0.29, 0.717) is 33.6 Å². The zero-order valence-corrected chi connectivity index (χ0v) is 19.1. The molecule has 0 atom stereocenters. The van der Waals surface area contributed by atoms with Gasteiger partial charge in [-0.15, -0.1) is 10.2 Å². The predicted molar refractivity (Wildman–Crippen MR) is 123 cm³/mol. The molecule has 0 fully saturated rings. The normalized spacial score (nSPS) is 12.4. The summed E-state index contributed by atoms with van der Waals surface area (Å²) in [5.41, 5.74) is 3.72. The number of hydrogen-bond donors (Lipinski definition) is 0. The van der Waals surface area contributed by atoms with Crippen LogP contribution in [0.2, 0.25) is 0 Å². The molecule has 0 saturated carbocycles. The Morgan fingerprint density at radius 1 is 1.09 bits per heavy atom. The molecule has 7 nitrogen and oxygen atoms in total.